The number of hydrogen-bond donors (Lipinski definition) is 5. The molecule has 1 aromatic heterocycles. The van der Waals surface area contributed by atoms with Crippen LogP contribution in [0.1, 0.15) is 101 Å². The minimum absolute atomic E-state index is 0.0748. The third kappa shape index (κ3) is 14.4. The van der Waals surface area contributed by atoms with Crippen LogP contribution < -0.4 is 4.74 Å². The van der Waals surface area contributed by atoms with Crippen molar-refractivity contribution in [3.63, 3.8) is 0 Å². The summed E-state index contributed by atoms with van der Waals surface area (Å²) in [4.78, 5) is 28.7. The van der Waals surface area contributed by atoms with Crippen LogP contribution in [0, 0.1) is 27.9 Å². The third-order valence-electron chi connectivity index (χ3n) is 15.3. The highest BCUT2D eigenvalue weighted by atomic mass is 19.1. The number of aliphatic hydroxyl groups excluding tert-OH is 3. The van der Waals surface area contributed by atoms with Gasteiger partial charge in [0.25, 0.3) is 5.69 Å². The number of hydrogen-bond acceptors (Lipinski definition) is 19. The van der Waals surface area contributed by atoms with Crippen molar-refractivity contribution >= 4 is 11.7 Å². The molecule has 1 aromatic carbocycles. The number of nitrogens with zero attached hydrogens (tertiary/aromatic N) is 6. The summed E-state index contributed by atoms with van der Waals surface area (Å²) >= 11 is 0. The second-order valence-electron chi connectivity index (χ2n) is 21.5. The van der Waals surface area contributed by atoms with Gasteiger partial charge in [0, 0.05) is 69.4 Å². The quantitative estimate of drug-likeness (QED) is 0.0916. The highest BCUT2D eigenvalue weighted by Gasteiger charge is 2.53. The van der Waals surface area contributed by atoms with Crippen molar-refractivity contribution in [3.05, 3.63) is 46.3 Å². The molecule has 2 aromatic rings. The van der Waals surface area contributed by atoms with E-state index in [9.17, 15) is 44.8 Å². The van der Waals surface area contributed by atoms with Crippen LogP contribution in [-0.2, 0) is 46.2 Å². The molecule has 0 saturated carbocycles. The van der Waals surface area contributed by atoms with Crippen molar-refractivity contribution in [1.29, 1.82) is 0 Å². The lowest BCUT2D eigenvalue weighted by Crippen LogP contribution is -2.61. The van der Waals surface area contributed by atoms with Crippen molar-refractivity contribution in [2.45, 2.75) is 204 Å². The van der Waals surface area contributed by atoms with E-state index in [1.54, 1.807) is 54.7 Å². The summed E-state index contributed by atoms with van der Waals surface area (Å²) in [5, 5.41) is 78.8. The van der Waals surface area contributed by atoms with E-state index in [0.717, 1.165) is 0 Å². The molecule has 5 N–H and O–H groups in total. The van der Waals surface area contributed by atoms with Crippen LogP contribution in [0.2, 0.25) is 0 Å². The average molecular weight is 1030 g/mol. The fourth-order valence-electron chi connectivity index (χ4n) is 10.8. The Balaban J connectivity index is 1.38. The molecular weight excluding hydrogens is 944 g/mol. The Morgan fingerprint density at radius 1 is 1.01 bits per heavy atom. The summed E-state index contributed by atoms with van der Waals surface area (Å²) < 4.78 is 59.9. The number of non-ortho nitro benzene ring substituents is 1. The minimum atomic E-state index is -1.86. The Labute approximate surface area is 423 Å². The smallest absolute Gasteiger partial charge is 0.311 e. The zero-order valence-electron chi connectivity index (χ0n) is 44.4. The first kappa shape index (κ1) is 59.4. The molecule has 410 valence electrons. The molecule has 0 radical (unpaired) electrons. The number of esters is 1. The molecule has 21 nitrogen and oxygen atoms in total. The van der Waals surface area contributed by atoms with Gasteiger partial charge >= 0.3 is 5.97 Å². The normalized spacial score (nSPS) is 39.4. The molecule has 0 bridgehead atoms. The largest absolute Gasteiger partial charge is 0.490 e. The lowest BCUT2D eigenvalue weighted by atomic mass is 9.77. The number of alkyl halides is 1. The van der Waals surface area contributed by atoms with Crippen molar-refractivity contribution < 1.29 is 72.8 Å². The molecule has 0 spiro atoms. The van der Waals surface area contributed by atoms with Gasteiger partial charge in [0.1, 0.15) is 42.4 Å². The van der Waals surface area contributed by atoms with Crippen LogP contribution in [0.15, 0.2) is 30.5 Å². The van der Waals surface area contributed by atoms with E-state index < -0.39 is 119 Å². The van der Waals surface area contributed by atoms with Gasteiger partial charge in [-0.25, -0.2) is 9.07 Å². The number of aliphatic hydroxyl groups is 5. The van der Waals surface area contributed by atoms with Crippen molar-refractivity contribution in [2.24, 2.45) is 17.8 Å². The molecule has 0 amide bonds. The summed E-state index contributed by atoms with van der Waals surface area (Å²) in [5.41, 5.74) is -4.13. The van der Waals surface area contributed by atoms with E-state index >= 15 is 0 Å². The first-order valence-corrected chi connectivity index (χ1v) is 25.3. The molecular formula is C50H83FN6O15. The van der Waals surface area contributed by atoms with Gasteiger partial charge in [-0.05, 0) is 99.9 Å². The van der Waals surface area contributed by atoms with Crippen LogP contribution in [0.5, 0.6) is 5.75 Å². The zero-order chi connectivity index (χ0) is 53.6. The van der Waals surface area contributed by atoms with Crippen LogP contribution >= 0.6 is 0 Å². The van der Waals surface area contributed by atoms with Gasteiger partial charge in [-0.15, -0.1) is 5.10 Å². The Hall–Kier alpha value is -3.52. The number of halogens is 1. The fourth-order valence-corrected chi connectivity index (χ4v) is 10.8. The summed E-state index contributed by atoms with van der Waals surface area (Å²) in [7, 11) is 5.15. The monoisotopic (exact) mass is 1030 g/mol. The molecule has 3 aliphatic heterocycles. The lowest BCUT2D eigenvalue weighted by molar-refractivity contribution is -0.384. The van der Waals surface area contributed by atoms with E-state index in [-0.39, 0.29) is 44.0 Å². The topological polar surface area (TPSA) is 263 Å². The van der Waals surface area contributed by atoms with E-state index in [1.807, 2.05) is 37.7 Å². The standard InChI is InChI=1S/C50H83FN6O15/c1-14-39-50(10,63)43(59)32(6)55(12)24-28(2)22-48(8,62)45(30(4)42(31(5)46(61)70-39)71-40-23-49(9,66-13)44(60)33(7)69-40)72-47-41(58)38(21-29(3)68-47)54(11)20-19-35-26-56(53-52-35)25-34(51)27-67-37-17-15-36(16-18-37)57(64)65/h15-18,26,28-34,38-45,47,58-60,62-63H,14,19-25,27H2,1-13H3/t28-,29-,30+,31-,32-,33+,34+,38+,39-,40+,41-,42+,43-,44+,45-,47+,48-,49-,50-/m1/s1. The van der Waals surface area contributed by atoms with Gasteiger partial charge < -0.3 is 68.5 Å². The number of nitro benzene ring substituents is 1. The molecule has 22 heteroatoms. The van der Waals surface area contributed by atoms with Gasteiger partial charge in [-0.2, -0.15) is 0 Å². The molecule has 3 aliphatic rings. The summed E-state index contributed by atoms with van der Waals surface area (Å²) in [6, 6.07) is 4.27. The number of carbonyl (C=O) groups is 1. The maximum atomic E-state index is 14.9. The second-order valence-corrected chi connectivity index (χ2v) is 21.5. The van der Waals surface area contributed by atoms with Crippen LogP contribution in [-0.4, -0.2) is 199 Å². The van der Waals surface area contributed by atoms with Gasteiger partial charge in [-0.1, -0.05) is 26.0 Å². The minimum Gasteiger partial charge on any atom is -0.490 e. The number of benzene rings is 1. The van der Waals surface area contributed by atoms with Crippen molar-refractivity contribution in [2.75, 3.05) is 40.9 Å². The first-order valence-electron chi connectivity index (χ1n) is 25.3. The van der Waals surface area contributed by atoms with Crippen LogP contribution in [0.4, 0.5) is 10.1 Å². The molecule has 0 unspecified atom stereocenters. The van der Waals surface area contributed by atoms with Crippen molar-refractivity contribution in [3.8, 4) is 5.75 Å². The van der Waals surface area contributed by atoms with Gasteiger partial charge in [0.2, 0.25) is 0 Å². The number of methoxy groups -OCH3 is 1. The number of ether oxygens (including phenoxy) is 7. The number of nitro groups is 1. The van der Waals surface area contributed by atoms with Gasteiger partial charge in [0.05, 0.1) is 58.7 Å². The summed E-state index contributed by atoms with van der Waals surface area (Å²) in [6.07, 6.45) is -9.01. The molecule has 0 aliphatic carbocycles. The Morgan fingerprint density at radius 3 is 2.31 bits per heavy atom. The first-order chi connectivity index (χ1) is 33.6. The van der Waals surface area contributed by atoms with Gasteiger partial charge in [-0.3, -0.25) is 14.9 Å². The van der Waals surface area contributed by atoms with Crippen molar-refractivity contribution in [1.82, 2.24) is 24.8 Å². The summed E-state index contributed by atoms with van der Waals surface area (Å²) in [6.45, 7) is 17.6. The number of rotatable bonds is 16. The maximum absolute atomic E-state index is 14.9. The molecule has 3 saturated heterocycles. The van der Waals surface area contributed by atoms with Crippen LogP contribution in [0.25, 0.3) is 0 Å². The second kappa shape index (κ2) is 24.9. The number of cyclic esters (lactones) is 1. The van der Waals surface area contributed by atoms with E-state index in [0.29, 0.717) is 37.4 Å². The molecule has 72 heavy (non-hydrogen) atoms. The highest BCUT2D eigenvalue weighted by molar-refractivity contribution is 5.73. The van der Waals surface area contributed by atoms with E-state index in [2.05, 4.69) is 10.3 Å². The molecule has 3 fully saturated rings. The third-order valence-corrected chi connectivity index (χ3v) is 15.3. The fraction of sp³-hybridized carbons (Fsp3) is 0.820. The zero-order valence-corrected chi connectivity index (χ0v) is 44.4. The molecule has 19 atom stereocenters. The predicted octanol–water partition coefficient (Wildman–Crippen LogP) is 3.43. The average Bonchev–Trinajstić information content (AvgIpc) is 3.77. The predicted molar refractivity (Wildman–Crippen MR) is 260 cm³/mol. The SMILES string of the molecule is CC[C@H]1OC(=O)[C@H](C)[C@@H](O[C@H]2C[C@@](C)(OC)[C@@H](O)[C@H](C)O2)[C@H](C)[C@@H](O[C@@H]2O[C@H](C)C[C@H](N(C)CCc3cn(C[C@H](F)COc4ccc([N+](=O)[O-])cc4)nn3)[C@H]2O)[C@](C)(O)C[C@@H](C)CN(C)[C@H](C)[C@@H](O)[C@]1(C)O. The Morgan fingerprint density at radius 2 is 1.68 bits per heavy atom. The van der Waals surface area contributed by atoms with E-state index in [4.69, 9.17) is 33.2 Å². The number of likely N-dealkylation sites (N-methyl/N-ethyl adjacent to an activating group) is 2. The van der Waals surface area contributed by atoms with Crippen LogP contribution in [0.3, 0.4) is 0 Å². The maximum Gasteiger partial charge on any atom is 0.311 e. The number of carbonyl (C=O) groups excluding carboxylic acids is 1. The van der Waals surface area contributed by atoms with Gasteiger partial charge in [0.15, 0.2) is 18.8 Å². The lowest BCUT2D eigenvalue weighted by Gasteiger charge is -2.49. The molecule has 4 heterocycles. The molecule has 5 rings (SSSR count). The Kier molecular flexibility index (Phi) is 20.5. The van der Waals surface area contributed by atoms with E-state index in [1.165, 1.54) is 43.0 Å². The number of aromatic nitrogens is 3. The Bertz CT molecular complexity index is 2040. The summed E-state index contributed by atoms with van der Waals surface area (Å²) in [5.74, 6) is -2.62. The highest BCUT2D eigenvalue weighted by Crippen LogP contribution is 2.40.